The monoisotopic (exact) mass is 266 g/mol. The minimum Gasteiger partial charge on any atom is -0.342 e. The summed E-state index contributed by atoms with van der Waals surface area (Å²) >= 11 is 7.03. The highest BCUT2D eigenvalue weighted by Crippen LogP contribution is 2.23. The number of nitrogens with one attached hydrogen (secondary N) is 1. The Kier molecular flexibility index (Phi) is 4.12. The molecule has 5 heteroatoms. The van der Waals surface area contributed by atoms with Crippen LogP contribution in [0.3, 0.4) is 0 Å². The molecule has 1 aromatic heterocycles. The van der Waals surface area contributed by atoms with Gasteiger partial charge in [-0.15, -0.1) is 22.9 Å². The summed E-state index contributed by atoms with van der Waals surface area (Å²) in [6.07, 6.45) is 1.72. The summed E-state index contributed by atoms with van der Waals surface area (Å²) in [6.45, 7) is 0. The van der Waals surface area contributed by atoms with Crippen LogP contribution in [-0.4, -0.2) is 16.8 Å². The quantitative estimate of drug-likeness (QED) is 0.865. The van der Waals surface area contributed by atoms with E-state index in [1.54, 1.807) is 6.20 Å². The van der Waals surface area contributed by atoms with E-state index < -0.39 is 0 Å². The third-order valence-corrected chi connectivity index (χ3v) is 3.34. The van der Waals surface area contributed by atoms with E-state index in [0.717, 1.165) is 10.6 Å². The van der Waals surface area contributed by atoms with Crippen molar-refractivity contribution in [2.24, 2.45) is 0 Å². The van der Waals surface area contributed by atoms with Gasteiger partial charge in [0.25, 0.3) is 0 Å². The van der Waals surface area contributed by atoms with Gasteiger partial charge >= 0.3 is 0 Å². The third-order valence-electron chi connectivity index (χ3n) is 2.26. The first-order valence-electron chi connectivity index (χ1n) is 5.11. The van der Waals surface area contributed by atoms with Gasteiger partial charge in [0.1, 0.15) is 16.9 Å². The second kappa shape index (κ2) is 5.80. The second-order valence-electron chi connectivity index (χ2n) is 3.42. The largest absolute Gasteiger partial charge is 0.342 e. The normalized spacial score (nSPS) is 12.1. The van der Waals surface area contributed by atoms with Gasteiger partial charge in [-0.2, -0.15) is 0 Å². The molecule has 0 unspecified atom stereocenters. The standard InChI is InChI=1S/C12H11ClN2OS/c13-8-10(16)15-11(12-14-6-7-17-12)9-4-2-1-3-5-9/h1-7,11H,8H2,(H,15,16)/t11-/m1/s1. The van der Waals surface area contributed by atoms with Gasteiger partial charge in [0, 0.05) is 11.6 Å². The average molecular weight is 267 g/mol. The number of amides is 1. The molecule has 0 aliphatic rings. The molecule has 0 aliphatic carbocycles. The van der Waals surface area contributed by atoms with E-state index in [2.05, 4.69) is 10.3 Å². The first-order chi connectivity index (χ1) is 8.31. The molecule has 1 aromatic carbocycles. The number of halogens is 1. The fourth-order valence-electron chi connectivity index (χ4n) is 1.51. The number of thiazole rings is 1. The lowest BCUT2D eigenvalue weighted by molar-refractivity contribution is -0.119. The molecule has 0 fully saturated rings. The van der Waals surface area contributed by atoms with Crippen molar-refractivity contribution in [3.05, 3.63) is 52.5 Å². The lowest BCUT2D eigenvalue weighted by atomic mass is 10.1. The summed E-state index contributed by atoms with van der Waals surface area (Å²) in [5.41, 5.74) is 1.00. The highest BCUT2D eigenvalue weighted by molar-refractivity contribution is 7.09. The van der Waals surface area contributed by atoms with Gasteiger partial charge in [-0.05, 0) is 5.56 Å². The molecule has 1 heterocycles. The van der Waals surface area contributed by atoms with E-state index in [-0.39, 0.29) is 17.8 Å². The lowest BCUT2D eigenvalue weighted by Gasteiger charge is -2.16. The Labute approximate surface area is 108 Å². The first-order valence-corrected chi connectivity index (χ1v) is 6.52. The van der Waals surface area contributed by atoms with Crippen LogP contribution in [0.5, 0.6) is 0 Å². The Morgan fingerprint density at radius 1 is 1.41 bits per heavy atom. The first kappa shape index (κ1) is 12.1. The summed E-state index contributed by atoms with van der Waals surface area (Å²) in [4.78, 5) is 15.7. The number of rotatable bonds is 4. The van der Waals surface area contributed by atoms with E-state index in [1.807, 2.05) is 35.7 Å². The molecule has 0 aliphatic heterocycles. The van der Waals surface area contributed by atoms with Crippen molar-refractivity contribution in [3.63, 3.8) is 0 Å². The van der Waals surface area contributed by atoms with Crippen LogP contribution in [-0.2, 0) is 4.79 Å². The topological polar surface area (TPSA) is 42.0 Å². The number of benzene rings is 1. The summed E-state index contributed by atoms with van der Waals surface area (Å²) in [7, 11) is 0. The van der Waals surface area contributed by atoms with Gasteiger partial charge in [-0.1, -0.05) is 30.3 Å². The molecule has 0 bridgehead atoms. The van der Waals surface area contributed by atoms with Gasteiger partial charge in [0.15, 0.2) is 0 Å². The Hall–Kier alpha value is -1.39. The lowest BCUT2D eigenvalue weighted by Crippen LogP contribution is -2.30. The Morgan fingerprint density at radius 3 is 2.76 bits per heavy atom. The van der Waals surface area contributed by atoms with Gasteiger partial charge in [-0.3, -0.25) is 4.79 Å². The van der Waals surface area contributed by atoms with E-state index in [9.17, 15) is 4.79 Å². The molecular weight excluding hydrogens is 256 g/mol. The van der Waals surface area contributed by atoms with Crippen molar-refractivity contribution in [1.29, 1.82) is 0 Å². The summed E-state index contributed by atoms with van der Waals surface area (Å²) in [5.74, 6) is -0.245. The molecular formula is C12H11ClN2OS. The number of hydrogen-bond donors (Lipinski definition) is 1. The van der Waals surface area contributed by atoms with E-state index in [1.165, 1.54) is 11.3 Å². The molecule has 0 radical (unpaired) electrons. The molecule has 2 rings (SSSR count). The van der Waals surface area contributed by atoms with Crippen molar-refractivity contribution in [1.82, 2.24) is 10.3 Å². The van der Waals surface area contributed by atoms with Crippen LogP contribution < -0.4 is 5.32 Å². The van der Waals surface area contributed by atoms with Crippen LogP contribution in [0.15, 0.2) is 41.9 Å². The number of carbonyl (C=O) groups excluding carboxylic acids is 1. The SMILES string of the molecule is O=C(CCl)N[C@H](c1ccccc1)c1nccs1. The van der Waals surface area contributed by atoms with Crippen LogP contribution in [0, 0.1) is 0 Å². The smallest absolute Gasteiger partial charge is 0.235 e. The summed E-state index contributed by atoms with van der Waals surface area (Å²) < 4.78 is 0. The molecule has 1 amide bonds. The fraction of sp³-hybridized carbons (Fsp3) is 0.167. The zero-order valence-corrected chi connectivity index (χ0v) is 10.5. The maximum absolute atomic E-state index is 11.4. The number of alkyl halides is 1. The van der Waals surface area contributed by atoms with E-state index in [0.29, 0.717) is 0 Å². The molecule has 2 aromatic rings. The molecule has 0 saturated carbocycles. The predicted octanol–water partition coefficient (Wildman–Crippen LogP) is 2.59. The van der Waals surface area contributed by atoms with Crippen molar-refractivity contribution in [3.8, 4) is 0 Å². The van der Waals surface area contributed by atoms with E-state index >= 15 is 0 Å². The van der Waals surface area contributed by atoms with Crippen LogP contribution >= 0.6 is 22.9 Å². The van der Waals surface area contributed by atoms with Crippen LogP contribution in [0.2, 0.25) is 0 Å². The van der Waals surface area contributed by atoms with Crippen molar-refractivity contribution >= 4 is 28.8 Å². The Bertz CT molecular complexity index is 473. The fourth-order valence-corrected chi connectivity index (χ4v) is 2.30. The van der Waals surface area contributed by atoms with Gasteiger partial charge in [0.05, 0.1) is 0 Å². The number of aromatic nitrogens is 1. The number of nitrogens with zero attached hydrogens (tertiary/aromatic N) is 1. The third kappa shape index (κ3) is 3.05. The molecule has 17 heavy (non-hydrogen) atoms. The number of hydrogen-bond acceptors (Lipinski definition) is 3. The predicted molar refractivity (Wildman–Crippen MR) is 69.3 cm³/mol. The minimum absolute atomic E-state index is 0.0469. The van der Waals surface area contributed by atoms with Crippen LogP contribution in [0.1, 0.15) is 16.6 Å². The van der Waals surface area contributed by atoms with Gasteiger partial charge in [0.2, 0.25) is 5.91 Å². The molecule has 3 nitrogen and oxygen atoms in total. The second-order valence-corrected chi connectivity index (χ2v) is 4.61. The molecule has 88 valence electrons. The molecule has 0 spiro atoms. The summed E-state index contributed by atoms with van der Waals surface area (Å²) in [5, 5.41) is 5.61. The van der Waals surface area contributed by atoms with Crippen molar-refractivity contribution in [2.75, 3.05) is 5.88 Å². The van der Waals surface area contributed by atoms with Gasteiger partial charge < -0.3 is 5.32 Å². The summed E-state index contributed by atoms with van der Waals surface area (Å²) in [6, 6.07) is 9.50. The average Bonchev–Trinajstić information content (AvgIpc) is 2.90. The minimum atomic E-state index is -0.220. The number of carbonyl (C=O) groups is 1. The zero-order chi connectivity index (χ0) is 12.1. The molecule has 1 N–H and O–H groups in total. The zero-order valence-electron chi connectivity index (χ0n) is 8.97. The Balaban J connectivity index is 2.28. The Morgan fingerprint density at radius 2 is 2.18 bits per heavy atom. The molecule has 1 atom stereocenters. The van der Waals surface area contributed by atoms with Crippen molar-refractivity contribution in [2.45, 2.75) is 6.04 Å². The van der Waals surface area contributed by atoms with Crippen LogP contribution in [0.25, 0.3) is 0 Å². The van der Waals surface area contributed by atoms with E-state index in [4.69, 9.17) is 11.6 Å². The van der Waals surface area contributed by atoms with Crippen LogP contribution in [0.4, 0.5) is 0 Å². The molecule has 0 saturated heterocycles. The highest BCUT2D eigenvalue weighted by Gasteiger charge is 2.18. The van der Waals surface area contributed by atoms with Gasteiger partial charge in [-0.25, -0.2) is 4.98 Å². The van der Waals surface area contributed by atoms with Crippen molar-refractivity contribution < 1.29 is 4.79 Å². The maximum Gasteiger partial charge on any atom is 0.235 e. The highest BCUT2D eigenvalue weighted by atomic mass is 35.5. The maximum atomic E-state index is 11.4.